The predicted molar refractivity (Wildman–Crippen MR) is 79.1 cm³/mol. The van der Waals surface area contributed by atoms with E-state index in [0.717, 1.165) is 0 Å². The molecule has 1 aromatic rings. The summed E-state index contributed by atoms with van der Waals surface area (Å²) in [7, 11) is 0. The smallest absolute Gasteiger partial charge is 0.308 e. The number of carboxylic acids is 1. The van der Waals surface area contributed by atoms with Gasteiger partial charge in [0.1, 0.15) is 0 Å². The average Bonchev–Trinajstić information content (AvgIpc) is 2.53. The number of likely N-dealkylation sites (tertiary alicyclic amines) is 1. The Morgan fingerprint density at radius 3 is 2.86 bits per heavy atom. The Kier molecular flexibility index (Phi) is 4.88. The summed E-state index contributed by atoms with van der Waals surface area (Å²) in [5.74, 6) is -1.69. The van der Waals surface area contributed by atoms with Crippen LogP contribution in [0.5, 0.6) is 0 Å². The molecule has 7 nitrogen and oxygen atoms in total. The third kappa shape index (κ3) is 3.91. The summed E-state index contributed by atoms with van der Waals surface area (Å²) in [6.45, 7) is 0.731. The second-order valence-electron chi connectivity index (χ2n) is 5.15. The molecular formula is C15H16N2O5. The lowest BCUT2D eigenvalue weighted by Gasteiger charge is -2.29. The van der Waals surface area contributed by atoms with Crippen molar-refractivity contribution in [1.82, 2.24) is 4.90 Å². The lowest BCUT2D eigenvalue weighted by atomic mass is 9.98. The molecule has 0 aromatic heterocycles. The van der Waals surface area contributed by atoms with Crippen LogP contribution in [0.25, 0.3) is 6.08 Å². The highest BCUT2D eigenvalue weighted by atomic mass is 16.6. The number of nitro groups is 1. The van der Waals surface area contributed by atoms with Crippen LogP contribution >= 0.6 is 0 Å². The zero-order valence-corrected chi connectivity index (χ0v) is 11.8. The van der Waals surface area contributed by atoms with Crippen molar-refractivity contribution in [3.63, 3.8) is 0 Å². The molecule has 0 radical (unpaired) electrons. The summed E-state index contributed by atoms with van der Waals surface area (Å²) in [5, 5.41) is 19.7. The van der Waals surface area contributed by atoms with E-state index in [-0.39, 0.29) is 18.1 Å². The fraction of sp³-hybridized carbons (Fsp3) is 0.333. The topological polar surface area (TPSA) is 101 Å². The van der Waals surface area contributed by atoms with Gasteiger partial charge in [-0.05, 0) is 24.5 Å². The fourth-order valence-electron chi connectivity index (χ4n) is 2.39. The average molecular weight is 304 g/mol. The molecule has 1 fully saturated rings. The lowest BCUT2D eigenvalue weighted by molar-refractivity contribution is -0.384. The molecule has 0 spiro atoms. The molecular weight excluding hydrogens is 288 g/mol. The predicted octanol–water partition coefficient (Wildman–Crippen LogP) is 1.93. The van der Waals surface area contributed by atoms with Gasteiger partial charge < -0.3 is 10.0 Å². The van der Waals surface area contributed by atoms with Crippen LogP contribution < -0.4 is 0 Å². The first-order valence-corrected chi connectivity index (χ1v) is 6.91. The minimum atomic E-state index is -0.889. The number of hydrogen-bond acceptors (Lipinski definition) is 4. The van der Waals surface area contributed by atoms with E-state index in [1.807, 2.05) is 0 Å². The molecule has 2 rings (SSSR count). The standard InChI is InChI=1S/C15H16N2O5/c18-14(16-8-2-4-12(10-16)15(19)20)7-6-11-3-1-5-13(9-11)17(21)22/h1,3,5-7,9,12H,2,4,8,10H2,(H,19,20)/b7-6+. The van der Waals surface area contributed by atoms with E-state index in [1.54, 1.807) is 12.1 Å². The van der Waals surface area contributed by atoms with Crippen LogP contribution in [0.2, 0.25) is 0 Å². The molecule has 0 bridgehead atoms. The number of hydrogen-bond donors (Lipinski definition) is 1. The molecule has 22 heavy (non-hydrogen) atoms. The van der Waals surface area contributed by atoms with Gasteiger partial charge in [-0.25, -0.2) is 0 Å². The molecule has 1 amide bonds. The van der Waals surface area contributed by atoms with Crippen LogP contribution in [0.4, 0.5) is 5.69 Å². The van der Waals surface area contributed by atoms with Gasteiger partial charge in [0.05, 0.1) is 10.8 Å². The van der Waals surface area contributed by atoms with Crippen molar-refractivity contribution in [2.24, 2.45) is 5.92 Å². The van der Waals surface area contributed by atoms with Crippen molar-refractivity contribution in [3.8, 4) is 0 Å². The summed E-state index contributed by atoms with van der Waals surface area (Å²) in [4.78, 5) is 34.7. The van der Waals surface area contributed by atoms with Crippen LogP contribution in [-0.4, -0.2) is 39.9 Å². The van der Waals surface area contributed by atoms with E-state index < -0.39 is 16.8 Å². The van der Waals surface area contributed by atoms with Gasteiger partial charge in [-0.2, -0.15) is 0 Å². The number of carbonyl (C=O) groups excluding carboxylic acids is 1. The molecule has 116 valence electrons. The Morgan fingerprint density at radius 2 is 2.18 bits per heavy atom. The molecule has 1 atom stereocenters. The maximum Gasteiger partial charge on any atom is 0.308 e. The van der Waals surface area contributed by atoms with Gasteiger partial charge in [0, 0.05) is 31.3 Å². The van der Waals surface area contributed by atoms with Gasteiger partial charge in [0.15, 0.2) is 0 Å². The normalized spacial score (nSPS) is 18.4. The molecule has 7 heteroatoms. The number of nitrogens with zero attached hydrogens (tertiary/aromatic N) is 2. The zero-order valence-electron chi connectivity index (χ0n) is 11.8. The maximum atomic E-state index is 12.1. The van der Waals surface area contributed by atoms with Crippen LogP contribution in [0.3, 0.4) is 0 Å². The zero-order chi connectivity index (χ0) is 16.1. The first-order chi connectivity index (χ1) is 10.5. The minimum absolute atomic E-state index is 0.0430. The maximum absolute atomic E-state index is 12.1. The molecule has 1 unspecified atom stereocenters. The second kappa shape index (κ2) is 6.84. The molecule has 1 aliphatic heterocycles. The number of carbonyl (C=O) groups is 2. The Labute approximate surface area is 127 Å². The molecule has 0 saturated carbocycles. The summed E-state index contributed by atoms with van der Waals surface area (Å²) in [5.41, 5.74) is 0.507. The van der Waals surface area contributed by atoms with E-state index in [4.69, 9.17) is 5.11 Å². The lowest BCUT2D eigenvalue weighted by Crippen LogP contribution is -2.41. The van der Waals surface area contributed by atoms with Gasteiger partial charge in [-0.3, -0.25) is 19.7 Å². The number of non-ortho nitro benzene ring substituents is 1. The van der Waals surface area contributed by atoms with Crippen molar-refractivity contribution in [3.05, 3.63) is 46.0 Å². The number of amides is 1. The Balaban J connectivity index is 2.03. The van der Waals surface area contributed by atoms with Crippen LogP contribution in [0, 0.1) is 16.0 Å². The van der Waals surface area contributed by atoms with Crippen LogP contribution in [-0.2, 0) is 9.59 Å². The number of rotatable bonds is 4. The largest absolute Gasteiger partial charge is 0.481 e. The van der Waals surface area contributed by atoms with Gasteiger partial charge in [-0.1, -0.05) is 12.1 Å². The summed E-state index contributed by atoms with van der Waals surface area (Å²) in [6.07, 6.45) is 4.06. The third-order valence-electron chi connectivity index (χ3n) is 3.58. The highest BCUT2D eigenvalue weighted by Gasteiger charge is 2.27. The Bertz CT molecular complexity index is 626. The molecule has 1 heterocycles. The van der Waals surface area contributed by atoms with E-state index in [0.29, 0.717) is 24.9 Å². The SMILES string of the molecule is O=C(O)C1CCCN(C(=O)/C=C/c2cccc([N+](=O)[O-])c2)C1. The molecule has 1 aromatic carbocycles. The van der Waals surface area contributed by atoms with Crippen molar-refractivity contribution in [1.29, 1.82) is 0 Å². The molecule has 1 saturated heterocycles. The number of benzene rings is 1. The number of aliphatic carboxylic acids is 1. The van der Waals surface area contributed by atoms with E-state index in [1.165, 1.54) is 29.2 Å². The quantitative estimate of drug-likeness (QED) is 0.520. The van der Waals surface area contributed by atoms with Gasteiger partial charge >= 0.3 is 5.97 Å². The van der Waals surface area contributed by atoms with E-state index >= 15 is 0 Å². The Morgan fingerprint density at radius 1 is 1.41 bits per heavy atom. The third-order valence-corrected chi connectivity index (χ3v) is 3.58. The minimum Gasteiger partial charge on any atom is -0.481 e. The van der Waals surface area contributed by atoms with E-state index in [9.17, 15) is 19.7 Å². The summed E-state index contributed by atoms with van der Waals surface area (Å²) < 4.78 is 0. The first kappa shape index (κ1) is 15.7. The van der Waals surface area contributed by atoms with Gasteiger partial charge in [0.25, 0.3) is 5.69 Å². The summed E-state index contributed by atoms with van der Waals surface area (Å²) in [6, 6.07) is 5.96. The van der Waals surface area contributed by atoms with Gasteiger partial charge in [0.2, 0.25) is 5.91 Å². The van der Waals surface area contributed by atoms with Crippen LogP contribution in [0.1, 0.15) is 18.4 Å². The monoisotopic (exact) mass is 304 g/mol. The van der Waals surface area contributed by atoms with Crippen molar-refractivity contribution in [2.45, 2.75) is 12.8 Å². The molecule has 0 aliphatic carbocycles. The van der Waals surface area contributed by atoms with Gasteiger partial charge in [-0.15, -0.1) is 0 Å². The molecule has 1 aliphatic rings. The number of piperidine rings is 1. The Hall–Kier alpha value is -2.70. The second-order valence-corrected chi connectivity index (χ2v) is 5.15. The number of carboxylic acid groups (broad SMARTS) is 1. The first-order valence-electron chi connectivity index (χ1n) is 6.91. The fourth-order valence-corrected chi connectivity index (χ4v) is 2.39. The highest BCUT2D eigenvalue weighted by molar-refractivity contribution is 5.92. The summed E-state index contributed by atoms with van der Waals surface area (Å²) >= 11 is 0. The van der Waals surface area contributed by atoms with Crippen molar-refractivity contribution >= 4 is 23.6 Å². The van der Waals surface area contributed by atoms with E-state index in [2.05, 4.69) is 0 Å². The number of nitro benzene ring substituents is 1. The van der Waals surface area contributed by atoms with Crippen LogP contribution in [0.15, 0.2) is 30.3 Å². The molecule has 1 N–H and O–H groups in total. The van der Waals surface area contributed by atoms with Crippen molar-refractivity contribution in [2.75, 3.05) is 13.1 Å². The van der Waals surface area contributed by atoms with Crippen molar-refractivity contribution < 1.29 is 19.6 Å². The highest BCUT2D eigenvalue weighted by Crippen LogP contribution is 2.18.